The molecule has 0 N–H and O–H groups in total. The molecule has 0 spiro atoms. The maximum absolute atomic E-state index is 12.4. The molecule has 0 aromatic heterocycles. The summed E-state index contributed by atoms with van der Waals surface area (Å²) in [6.07, 6.45) is 3.90. The van der Waals surface area contributed by atoms with Gasteiger partial charge in [-0.15, -0.1) is 0 Å². The molecule has 0 heterocycles. The van der Waals surface area contributed by atoms with Gasteiger partial charge in [0.25, 0.3) is 0 Å². The minimum Gasteiger partial charge on any atom is -0.490 e. The van der Waals surface area contributed by atoms with Crippen LogP contribution in [0, 0.1) is 0 Å². The van der Waals surface area contributed by atoms with Crippen LogP contribution in [0.1, 0.15) is 31.9 Å². The predicted molar refractivity (Wildman–Crippen MR) is 143 cm³/mol. The van der Waals surface area contributed by atoms with Gasteiger partial charge in [0.05, 0.1) is 5.41 Å². The van der Waals surface area contributed by atoms with Gasteiger partial charge < -0.3 is 23.7 Å². The largest absolute Gasteiger partial charge is 0.490 e. The second-order valence-corrected chi connectivity index (χ2v) is 8.37. The lowest BCUT2D eigenvalue weighted by molar-refractivity contribution is -0.140. The van der Waals surface area contributed by atoms with Crippen LogP contribution in [-0.4, -0.2) is 50.9 Å². The van der Waals surface area contributed by atoms with E-state index >= 15 is 0 Å². The minimum atomic E-state index is -0.681. The predicted octanol–water partition coefficient (Wildman–Crippen LogP) is 4.72. The highest BCUT2D eigenvalue weighted by molar-refractivity contribution is 5.87. The van der Waals surface area contributed by atoms with E-state index in [-0.39, 0.29) is 39.0 Å². The molecular formula is C30H34O8. The molecule has 0 unspecified atom stereocenters. The number of carbonyl (C=O) groups is 3. The zero-order chi connectivity index (χ0) is 28.0. The number of esters is 3. The first kappa shape index (κ1) is 29.9. The van der Waals surface area contributed by atoms with Crippen molar-refractivity contribution in [2.45, 2.75) is 26.2 Å². The Hall–Kier alpha value is -4.33. The summed E-state index contributed by atoms with van der Waals surface area (Å²) in [6.45, 7) is 12.9. The van der Waals surface area contributed by atoms with Crippen molar-refractivity contribution in [3.63, 3.8) is 0 Å². The summed E-state index contributed by atoms with van der Waals surface area (Å²) in [5.74, 6) is -0.187. The van der Waals surface area contributed by atoms with Gasteiger partial charge in [0.15, 0.2) is 0 Å². The summed E-state index contributed by atoms with van der Waals surface area (Å²) < 4.78 is 26.8. The molecule has 0 fully saturated rings. The summed E-state index contributed by atoms with van der Waals surface area (Å²) in [6, 6.07) is 14.8. The van der Waals surface area contributed by atoms with Crippen molar-refractivity contribution in [1.29, 1.82) is 0 Å². The zero-order valence-corrected chi connectivity index (χ0v) is 22.1. The van der Waals surface area contributed by atoms with Crippen molar-refractivity contribution in [3.05, 3.63) is 96.6 Å². The van der Waals surface area contributed by atoms with E-state index in [9.17, 15) is 14.4 Å². The molecule has 8 nitrogen and oxygen atoms in total. The Balaban J connectivity index is 2.17. The number of ether oxygens (including phenoxy) is 5. The molecule has 0 amide bonds. The molecule has 2 aromatic rings. The van der Waals surface area contributed by atoms with E-state index in [1.54, 1.807) is 19.9 Å². The lowest BCUT2D eigenvalue weighted by Gasteiger charge is -2.31. The van der Waals surface area contributed by atoms with Gasteiger partial charge in [-0.2, -0.15) is 0 Å². The van der Waals surface area contributed by atoms with Crippen LogP contribution in [0.3, 0.4) is 0 Å². The number of benzene rings is 2. The third kappa shape index (κ3) is 8.96. The first-order valence-electron chi connectivity index (χ1n) is 12.1. The normalized spacial score (nSPS) is 11.2. The van der Waals surface area contributed by atoms with Gasteiger partial charge in [-0.3, -0.25) is 0 Å². The van der Waals surface area contributed by atoms with E-state index < -0.39 is 17.4 Å². The number of carbonyl (C=O) groups excluding carboxylic acids is 3. The summed E-state index contributed by atoms with van der Waals surface area (Å²) >= 11 is 0. The fourth-order valence-corrected chi connectivity index (χ4v) is 3.33. The van der Waals surface area contributed by atoms with E-state index in [0.717, 1.165) is 23.3 Å². The number of hydrogen-bond acceptors (Lipinski definition) is 8. The molecule has 0 aliphatic carbocycles. The van der Waals surface area contributed by atoms with Gasteiger partial charge >= 0.3 is 17.9 Å². The van der Waals surface area contributed by atoms with Gasteiger partial charge in [-0.25, -0.2) is 14.4 Å². The number of rotatable bonds is 15. The monoisotopic (exact) mass is 522 g/mol. The molecule has 0 bridgehead atoms. The lowest BCUT2D eigenvalue weighted by atomic mass is 9.77. The van der Waals surface area contributed by atoms with Crippen LogP contribution in [0.5, 0.6) is 11.5 Å². The summed E-state index contributed by atoms with van der Waals surface area (Å²) in [7, 11) is 0. The number of hydrogen-bond donors (Lipinski definition) is 0. The topological polar surface area (TPSA) is 97.4 Å². The first-order valence-corrected chi connectivity index (χ1v) is 12.1. The molecule has 8 heteroatoms. The van der Waals surface area contributed by atoms with Crippen LogP contribution >= 0.6 is 0 Å². The Kier molecular flexibility index (Phi) is 11.8. The molecule has 38 heavy (non-hydrogen) atoms. The fourth-order valence-electron chi connectivity index (χ4n) is 3.33. The number of allylic oxidation sites excluding steroid dienone is 1. The van der Waals surface area contributed by atoms with Crippen molar-refractivity contribution in [3.8, 4) is 11.5 Å². The first-order chi connectivity index (χ1) is 18.2. The van der Waals surface area contributed by atoms with Crippen LogP contribution in [0.4, 0.5) is 0 Å². The minimum absolute atomic E-state index is 0.104. The fraction of sp³-hybridized carbons (Fsp3) is 0.300. The molecule has 2 aromatic carbocycles. The van der Waals surface area contributed by atoms with Gasteiger partial charge in [0.2, 0.25) is 0 Å². The third-order valence-electron chi connectivity index (χ3n) is 5.76. The maximum atomic E-state index is 12.4. The van der Waals surface area contributed by atoms with Crippen LogP contribution in [0.2, 0.25) is 0 Å². The SMILES string of the molecule is C=CC(=O)OCCOc1ccc(C(C)(COC(=O)C(C)=CC)c2ccc(OCCOC(=O)C=C)cc2)cc1. The average molecular weight is 523 g/mol. The second-order valence-electron chi connectivity index (χ2n) is 8.37. The third-order valence-corrected chi connectivity index (χ3v) is 5.76. The highest BCUT2D eigenvalue weighted by Crippen LogP contribution is 2.34. The summed E-state index contributed by atoms with van der Waals surface area (Å²) in [5.41, 5.74) is 1.65. The average Bonchev–Trinajstić information content (AvgIpc) is 2.95. The Labute approximate surface area is 223 Å². The van der Waals surface area contributed by atoms with E-state index in [1.807, 2.05) is 55.5 Å². The highest BCUT2D eigenvalue weighted by atomic mass is 16.6. The van der Waals surface area contributed by atoms with Crippen LogP contribution in [0.25, 0.3) is 0 Å². The maximum Gasteiger partial charge on any atom is 0.333 e. The summed E-state index contributed by atoms with van der Waals surface area (Å²) in [4.78, 5) is 34.7. The highest BCUT2D eigenvalue weighted by Gasteiger charge is 2.31. The Morgan fingerprint density at radius 1 is 0.737 bits per heavy atom. The van der Waals surface area contributed by atoms with Crippen molar-refractivity contribution < 1.29 is 38.1 Å². The lowest BCUT2D eigenvalue weighted by Crippen LogP contribution is -2.31. The van der Waals surface area contributed by atoms with E-state index in [0.29, 0.717) is 17.1 Å². The Morgan fingerprint density at radius 3 is 1.53 bits per heavy atom. The molecule has 0 aliphatic rings. The molecule has 2 rings (SSSR count). The molecule has 0 radical (unpaired) electrons. The quantitative estimate of drug-likeness (QED) is 0.144. The summed E-state index contributed by atoms with van der Waals surface area (Å²) in [5, 5.41) is 0. The van der Waals surface area contributed by atoms with E-state index in [4.69, 9.17) is 23.7 Å². The van der Waals surface area contributed by atoms with Gasteiger partial charge in [-0.1, -0.05) is 43.5 Å². The van der Waals surface area contributed by atoms with E-state index in [1.165, 1.54) is 0 Å². The Morgan fingerprint density at radius 2 is 1.16 bits per heavy atom. The second kappa shape index (κ2) is 15.0. The van der Waals surface area contributed by atoms with Crippen LogP contribution < -0.4 is 9.47 Å². The zero-order valence-electron chi connectivity index (χ0n) is 22.1. The van der Waals surface area contributed by atoms with Crippen LogP contribution in [-0.2, 0) is 34.0 Å². The Bertz CT molecular complexity index is 1060. The molecule has 0 atom stereocenters. The van der Waals surface area contributed by atoms with Gasteiger partial charge in [-0.05, 0) is 56.2 Å². The molecule has 0 saturated heterocycles. The van der Waals surface area contributed by atoms with Crippen molar-refractivity contribution in [1.82, 2.24) is 0 Å². The molecule has 0 saturated carbocycles. The molecule has 0 aliphatic heterocycles. The molecule has 202 valence electrons. The van der Waals surface area contributed by atoms with E-state index in [2.05, 4.69) is 13.2 Å². The van der Waals surface area contributed by atoms with Crippen LogP contribution in [0.15, 0.2) is 85.5 Å². The smallest absolute Gasteiger partial charge is 0.333 e. The van der Waals surface area contributed by atoms with Crippen molar-refractivity contribution in [2.75, 3.05) is 33.0 Å². The van der Waals surface area contributed by atoms with Gasteiger partial charge in [0, 0.05) is 17.7 Å². The van der Waals surface area contributed by atoms with Gasteiger partial charge in [0.1, 0.15) is 44.5 Å². The standard InChI is InChI=1S/C30H34O8/c1-6-22(4)29(33)38-21-30(5,23-9-13-25(14-10-23)34-17-19-36-27(31)7-2)24-11-15-26(16-12-24)35-18-20-37-28(32)8-3/h6-16H,2-3,17-21H2,1,4-5H3. The molecular weight excluding hydrogens is 488 g/mol. The van der Waals surface area contributed by atoms with Crippen molar-refractivity contribution in [2.24, 2.45) is 0 Å². The van der Waals surface area contributed by atoms with Crippen molar-refractivity contribution >= 4 is 17.9 Å².